The van der Waals surface area contributed by atoms with Gasteiger partial charge in [-0.3, -0.25) is 14.6 Å². The van der Waals surface area contributed by atoms with E-state index in [2.05, 4.69) is 32.3 Å². The highest BCUT2D eigenvalue weighted by Gasteiger charge is 2.72. The number of carbonyl (C=O) groups excluding carboxylic acids is 2. The van der Waals surface area contributed by atoms with Crippen LogP contribution >= 0.6 is 0 Å². The topological polar surface area (TPSA) is 169 Å². The summed E-state index contributed by atoms with van der Waals surface area (Å²) in [7, 11) is 1.48. The molecule has 5 N–H and O–H groups in total. The number of fused-ring (bicyclic) bond motifs is 1. The highest BCUT2D eigenvalue weighted by molar-refractivity contribution is 6.45. The molecule has 1 aliphatic carbocycles. The van der Waals surface area contributed by atoms with Crippen molar-refractivity contribution >= 4 is 28.4 Å². The number of H-pyrrole nitrogens is 1. The number of amides is 1. The summed E-state index contributed by atoms with van der Waals surface area (Å²) in [6.45, 7) is 2.67. The lowest BCUT2D eigenvalue weighted by Gasteiger charge is -2.34. The summed E-state index contributed by atoms with van der Waals surface area (Å²) >= 11 is 0. The SMILES string of the molecule is COc1cnc(N(N)/C=C\N)c2[nH]cc(C(=O)C(=O)N3CCC4(CC3)CC4(c3ccccc3)c3nnc(C)o3)c12. The number of hydrogen-bond acceptors (Lipinski definition) is 10. The van der Waals surface area contributed by atoms with Crippen molar-refractivity contribution in [3.05, 3.63) is 78.0 Å². The van der Waals surface area contributed by atoms with Crippen molar-refractivity contribution < 1.29 is 18.7 Å². The van der Waals surface area contributed by atoms with Crippen LogP contribution in [0.4, 0.5) is 5.82 Å². The van der Waals surface area contributed by atoms with Crippen LogP contribution < -0.4 is 21.3 Å². The third-order valence-electron chi connectivity index (χ3n) is 8.35. The zero-order valence-electron chi connectivity index (χ0n) is 22.3. The third-order valence-corrected chi connectivity index (χ3v) is 8.35. The van der Waals surface area contributed by atoms with Gasteiger partial charge < -0.3 is 24.8 Å². The van der Waals surface area contributed by atoms with Crippen LogP contribution in [-0.4, -0.2) is 57.0 Å². The van der Waals surface area contributed by atoms with E-state index in [1.165, 1.54) is 36.9 Å². The smallest absolute Gasteiger partial charge is 0.295 e. The van der Waals surface area contributed by atoms with Gasteiger partial charge in [-0.25, -0.2) is 10.8 Å². The zero-order valence-corrected chi connectivity index (χ0v) is 22.3. The van der Waals surface area contributed by atoms with E-state index in [0.717, 1.165) is 12.0 Å². The van der Waals surface area contributed by atoms with Gasteiger partial charge in [0.15, 0.2) is 5.82 Å². The summed E-state index contributed by atoms with van der Waals surface area (Å²) in [5.74, 6) is 6.64. The van der Waals surface area contributed by atoms with Crippen molar-refractivity contribution in [1.82, 2.24) is 25.1 Å². The number of carbonyl (C=O) groups is 2. The standard InChI is InChI=1S/C28H30N8O4/c1-17-33-34-26(40-17)28(18-6-4-3-5-7-18)16-27(28)8-11-35(12-9-27)25(38)23(37)19-14-31-22-21(19)20(39-2)15-32-24(22)36(30)13-10-29/h3-7,10,13-15,31H,8-9,11-12,16,29-30H2,1-2H3/b13-10-. The van der Waals surface area contributed by atoms with Crippen LogP contribution in [0.15, 0.2) is 59.5 Å². The highest BCUT2D eigenvalue weighted by atomic mass is 16.5. The fourth-order valence-electron chi connectivity index (χ4n) is 6.29. The average molecular weight is 543 g/mol. The number of pyridine rings is 1. The number of ether oxygens (including phenoxy) is 1. The number of benzene rings is 1. The maximum absolute atomic E-state index is 13.5. The largest absolute Gasteiger partial charge is 0.494 e. The second-order valence-corrected chi connectivity index (χ2v) is 10.3. The zero-order chi connectivity index (χ0) is 28.1. The predicted molar refractivity (Wildman–Crippen MR) is 146 cm³/mol. The Morgan fingerprint density at radius 3 is 2.60 bits per heavy atom. The molecule has 1 amide bonds. The quantitative estimate of drug-likeness (QED) is 0.136. The molecule has 6 rings (SSSR count). The summed E-state index contributed by atoms with van der Waals surface area (Å²) in [6.07, 6.45) is 7.91. The lowest BCUT2D eigenvalue weighted by atomic mass is 9.80. The number of anilines is 1. The van der Waals surface area contributed by atoms with Crippen LogP contribution in [0.1, 0.15) is 47.0 Å². The molecular weight excluding hydrogens is 512 g/mol. The first-order chi connectivity index (χ1) is 19.3. The van der Waals surface area contributed by atoms with E-state index in [1.54, 1.807) is 11.8 Å². The normalized spacial score (nSPS) is 19.8. The van der Waals surface area contributed by atoms with Crippen molar-refractivity contribution in [2.45, 2.75) is 31.6 Å². The molecule has 1 unspecified atom stereocenters. The molecule has 1 aliphatic heterocycles. The summed E-state index contributed by atoms with van der Waals surface area (Å²) in [4.78, 5) is 36.0. The number of hydrogen-bond donors (Lipinski definition) is 3. The van der Waals surface area contributed by atoms with E-state index in [-0.39, 0.29) is 11.0 Å². The molecule has 2 fully saturated rings. The fourth-order valence-corrected chi connectivity index (χ4v) is 6.29. The minimum Gasteiger partial charge on any atom is -0.494 e. The van der Waals surface area contributed by atoms with Gasteiger partial charge in [-0.2, -0.15) is 0 Å². The molecule has 12 nitrogen and oxygen atoms in total. The second-order valence-electron chi connectivity index (χ2n) is 10.3. The number of hydrazine groups is 1. The van der Waals surface area contributed by atoms with Crippen molar-refractivity contribution in [1.29, 1.82) is 0 Å². The van der Waals surface area contributed by atoms with Gasteiger partial charge in [0.25, 0.3) is 11.7 Å². The van der Waals surface area contributed by atoms with Crippen LogP contribution in [0.2, 0.25) is 0 Å². The Balaban J connectivity index is 1.25. The minimum absolute atomic E-state index is 0.126. The van der Waals surface area contributed by atoms with E-state index >= 15 is 0 Å². The number of aromatic nitrogens is 4. The van der Waals surface area contributed by atoms with Gasteiger partial charge in [-0.1, -0.05) is 30.3 Å². The maximum Gasteiger partial charge on any atom is 0.295 e. The number of methoxy groups -OCH3 is 1. The molecule has 12 heteroatoms. The Bertz CT molecular complexity index is 1620. The molecule has 2 aliphatic rings. The number of nitrogens with one attached hydrogen (secondary N) is 1. The molecule has 1 spiro atoms. The Hall–Kier alpha value is -4.71. The van der Waals surface area contributed by atoms with Crippen molar-refractivity contribution in [2.24, 2.45) is 17.0 Å². The molecule has 1 aromatic carbocycles. The monoisotopic (exact) mass is 542 g/mol. The van der Waals surface area contributed by atoms with E-state index in [9.17, 15) is 9.59 Å². The molecular formula is C28H30N8O4. The Labute approximate surface area is 230 Å². The first kappa shape index (κ1) is 25.6. The molecule has 1 saturated carbocycles. The van der Waals surface area contributed by atoms with Crippen LogP contribution in [0, 0.1) is 12.3 Å². The second kappa shape index (κ2) is 9.49. The number of rotatable bonds is 7. The van der Waals surface area contributed by atoms with Gasteiger partial charge >= 0.3 is 0 Å². The number of nitrogens with two attached hydrogens (primary N) is 2. The third kappa shape index (κ3) is 3.74. The molecule has 40 heavy (non-hydrogen) atoms. The fraction of sp³-hybridized carbons (Fsp3) is 0.321. The van der Waals surface area contributed by atoms with Gasteiger partial charge in [-0.05, 0) is 30.2 Å². The average Bonchev–Trinajstić information content (AvgIpc) is 3.25. The first-order valence-corrected chi connectivity index (χ1v) is 13.0. The van der Waals surface area contributed by atoms with Crippen molar-refractivity contribution in [3.63, 3.8) is 0 Å². The van der Waals surface area contributed by atoms with E-state index in [0.29, 0.717) is 60.2 Å². The Morgan fingerprint density at radius 2 is 1.95 bits per heavy atom. The molecule has 4 aromatic rings. The predicted octanol–water partition coefficient (Wildman–Crippen LogP) is 2.55. The van der Waals surface area contributed by atoms with Gasteiger partial charge in [0.05, 0.1) is 35.2 Å². The number of ketones is 1. The highest BCUT2D eigenvalue weighted by Crippen LogP contribution is 2.72. The molecule has 1 saturated heterocycles. The Kier molecular flexibility index (Phi) is 6.06. The van der Waals surface area contributed by atoms with E-state index < -0.39 is 17.1 Å². The summed E-state index contributed by atoms with van der Waals surface area (Å²) in [6, 6.07) is 10.2. The number of piperidine rings is 1. The van der Waals surface area contributed by atoms with Gasteiger partial charge in [-0.15, -0.1) is 10.2 Å². The lowest BCUT2D eigenvalue weighted by molar-refractivity contribution is -0.128. The minimum atomic E-state index is -0.631. The van der Waals surface area contributed by atoms with Crippen LogP contribution in [0.3, 0.4) is 0 Å². The van der Waals surface area contributed by atoms with Crippen molar-refractivity contribution in [2.75, 3.05) is 25.2 Å². The van der Waals surface area contributed by atoms with E-state index in [4.69, 9.17) is 20.7 Å². The van der Waals surface area contributed by atoms with Gasteiger partial charge in [0.1, 0.15) is 5.75 Å². The van der Waals surface area contributed by atoms with Gasteiger partial charge in [0, 0.05) is 38.6 Å². The number of likely N-dealkylation sites (tertiary alicyclic amines) is 1. The Morgan fingerprint density at radius 1 is 1.20 bits per heavy atom. The van der Waals surface area contributed by atoms with Gasteiger partial charge in [0.2, 0.25) is 11.8 Å². The lowest BCUT2D eigenvalue weighted by Crippen LogP contribution is -2.44. The number of aromatic amines is 1. The number of aryl methyl sites for hydroxylation is 1. The number of Topliss-reactive ketones (excluding diaryl/α,β-unsaturated/α-hetero) is 1. The number of nitrogens with zero attached hydrogens (tertiary/aromatic N) is 5. The molecule has 206 valence electrons. The molecule has 3 aromatic heterocycles. The van der Waals surface area contributed by atoms with E-state index in [1.807, 2.05) is 18.2 Å². The molecule has 1 atom stereocenters. The first-order valence-electron chi connectivity index (χ1n) is 13.0. The summed E-state index contributed by atoms with van der Waals surface area (Å²) in [5.41, 5.74) is 6.72. The summed E-state index contributed by atoms with van der Waals surface area (Å²) in [5, 5.41) is 10.1. The van der Waals surface area contributed by atoms with Crippen molar-refractivity contribution in [3.8, 4) is 5.75 Å². The van der Waals surface area contributed by atoms with Crippen LogP contribution in [0.5, 0.6) is 5.75 Å². The molecule has 0 bridgehead atoms. The summed E-state index contributed by atoms with van der Waals surface area (Å²) < 4.78 is 11.4. The van der Waals surface area contributed by atoms with Crippen LogP contribution in [0.25, 0.3) is 10.9 Å². The molecule has 4 heterocycles. The maximum atomic E-state index is 13.5. The molecule has 0 radical (unpaired) electrons. The van der Waals surface area contributed by atoms with Crippen LogP contribution in [-0.2, 0) is 10.2 Å².